The molecule has 0 spiro atoms. The van der Waals surface area contributed by atoms with Gasteiger partial charge in [-0.05, 0) is 51.8 Å². The summed E-state index contributed by atoms with van der Waals surface area (Å²) in [7, 11) is 0. The quantitative estimate of drug-likeness (QED) is 0.610. The van der Waals surface area contributed by atoms with Crippen molar-refractivity contribution in [2.24, 2.45) is 0 Å². The number of phenols is 1. The summed E-state index contributed by atoms with van der Waals surface area (Å²) in [6.07, 6.45) is 5.91. The molecule has 2 rings (SSSR count). The Kier molecular flexibility index (Phi) is 5.68. The number of ether oxygens (including phenoxy) is 1. The molecule has 1 aromatic heterocycles. The first-order valence-corrected chi connectivity index (χ1v) is 7.79. The van der Waals surface area contributed by atoms with Crippen molar-refractivity contribution >= 4 is 11.0 Å². The first kappa shape index (κ1) is 17.7. The number of phenolic OH excluding ortho intramolecular Hbond substituents is 1. The van der Waals surface area contributed by atoms with Crippen molar-refractivity contribution < 1.29 is 19.4 Å². The van der Waals surface area contributed by atoms with E-state index < -0.39 is 11.4 Å². The molecule has 0 fully saturated rings. The van der Waals surface area contributed by atoms with Crippen LogP contribution in [0.4, 0.5) is 0 Å². The van der Waals surface area contributed by atoms with Gasteiger partial charge in [0.15, 0.2) is 5.75 Å². The zero-order valence-electron chi connectivity index (χ0n) is 14.1. The van der Waals surface area contributed by atoms with Gasteiger partial charge in [-0.2, -0.15) is 0 Å². The van der Waals surface area contributed by atoms with E-state index in [1.807, 2.05) is 13.0 Å². The monoisotopic (exact) mass is 330 g/mol. The first-order valence-electron chi connectivity index (χ1n) is 7.79. The molecule has 5 heteroatoms. The fourth-order valence-electron chi connectivity index (χ4n) is 2.29. The van der Waals surface area contributed by atoms with Crippen molar-refractivity contribution in [2.45, 2.75) is 33.6 Å². The molecule has 0 aliphatic carbocycles. The highest BCUT2D eigenvalue weighted by molar-refractivity contribution is 5.91. The molecule has 0 bridgehead atoms. The van der Waals surface area contributed by atoms with E-state index in [9.17, 15) is 15.0 Å². The summed E-state index contributed by atoms with van der Waals surface area (Å²) in [5.41, 5.74) is 1.69. The molecule has 0 amide bonds. The maximum absolute atomic E-state index is 11.7. The minimum absolute atomic E-state index is 0.0623. The lowest BCUT2D eigenvalue weighted by Gasteiger charge is -2.10. The second-order valence-electron chi connectivity index (χ2n) is 5.90. The van der Waals surface area contributed by atoms with E-state index >= 15 is 0 Å². The van der Waals surface area contributed by atoms with Crippen molar-refractivity contribution in [1.29, 1.82) is 0 Å². The van der Waals surface area contributed by atoms with E-state index in [-0.39, 0.29) is 29.1 Å². The lowest BCUT2D eigenvalue weighted by atomic mass is 10.1. The number of fused-ring (bicyclic) bond motifs is 1. The maximum Gasteiger partial charge on any atom is 0.382 e. The van der Waals surface area contributed by atoms with Crippen molar-refractivity contribution in [3.8, 4) is 17.2 Å². The van der Waals surface area contributed by atoms with Crippen LogP contribution in [-0.4, -0.2) is 16.8 Å². The minimum Gasteiger partial charge on any atom is -0.507 e. The summed E-state index contributed by atoms with van der Waals surface area (Å²) < 4.78 is 10.5. The molecule has 0 saturated carbocycles. The molecule has 0 aliphatic rings. The van der Waals surface area contributed by atoms with Crippen LogP contribution in [0.25, 0.3) is 11.0 Å². The van der Waals surface area contributed by atoms with Crippen LogP contribution in [0.5, 0.6) is 17.2 Å². The van der Waals surface area contributed by atoms with Gasteiger partial charge in [0.2, 0.25) is 5.75 Å². The Bertz CT molecular complexity index is 839. The van der Waals surface area contributed by atoms with E-state index in [0.29, 0.717) is 0 Å². The summed E-state index contributed by atoms with van der Waals surface area (Å²) in [6, 6.07) is 4.52. The Morgan fingerprint density at radius 2 is 1.96 bits per heavy atom. The Morgan fingerprint density at radius 3 is 2.67 bits per heavy atom. The Hall–Kier alpha value is -2.69. The van der Waals surface area contributed by atoms with E-state index in [1.54, 1.807) is 6.07 Å². The van der Waals surface area contributed by atoms with Crippen LogP contribution in [0.3, 0.4) is 0 Å². The SMILES string of the molecule is CC(C)=CCCC(C)=CCOc1c(O)c(=O)oc2cccc(O)c12. The zero-order valence-corrected chi connectivity index (χ0v) is 14.1. The van der Waals surface area contributed by atoms with Crippen LogP contribution in [0.1, 0.15) is 33.6 Å². The largest absolute Gasteiger partial charge is 0.507 e. The second kappa shape index (κ2) is 7.73. The van der Waals surface area contributed by atoms with Crippen molar-refractivity contribution in [1.82, 2.24) is 0 Å². The lowest BCUT2D eigenvalue weighted by molar-refractivity contribution is 0.325. The number of rotatable bonds is 6. The number of hydrogen-bond acceptors (Lipinski definition) is 5. The van der Waals surface area contributed by atoms with Crippen molar-refractivity contribution in [3.63, 3.8) is 0 Å². The van der Waals surface area contributed by atoms with Crippen molar-refractivity contribution in [3.05, 3.63) is 51.9 Å². The van der Waals surface area contributed by atoms with Crippen LogP contribution >= 0.6 is 0 Å². The van der Waals surface area contributed by atoms with Gasteiger partial charge >= 0.3 is 5.63 Å². The average Bonchev–Trinajstić information content (AvgIpc) is 2.51. The minimum atomic E-state index is -0.896. The zero-order chi connectivity index (χ0) is 17.7. The Balaban J connectivity index is 2.20. The van der Waals surface area contributed by atoms with Crippen LogP contribution in [0.2, 0.25) is 0 Å². The number of hydrogen-bond donors (Lipinski definition) is 2. The third kappa shape index (κ3) is 4.19. The lowest BCUT2D eigenvalue weighted by Crippen LogP contribution is -2.04. The van der Waals surface area contributed by atoms with E-state index in [4.69, 9.17) is 9.15 Å². The normalized spacial score (nSPS) is 11.5. The molecule has 2 N–H and O–H groups in total. The van der Waals surface area contributed by atoms with Crippen LogP contribution < -0.4 is 10.4 Å². The molecule has 1 aromatic carbocycles. The molecule has 0 aliphatic heterocycles. The number of benzene rings is 1. The molecule has 24 heavy (non-hydrogen) atoms. The van der Waals surface area contributed by atoms with Crippen molar-refractivity contribution in [2.75, 3.05) is 6.61 Å². The van der Waals surface area contributed by atoms with Crippen LogP contribution in [0, 0.1) is 0 Å². The molecule has 0 saturated heterocycles. The maximum atomic E-state index is 11.7. The molecule has 128 valence electrons. The number of allylic oxidation sites excluding steroid dienone is 3. The van der Waals surface area contributed by atoms with Gasteiger partial charge in [-0.15, -0.1) is 0 Å². The topological polar surface area (TPSA) is 79.9 Å². The van der Waals surface area contributed by atoms with Gasteiger partial charge < -0.3 is 19.4 Å². The molecule has 5 nitrogen and oxygen atoms in total. The molecule has 2 aromatic rings. The standard InChI is InChI=1S/C19H22O5/c1-12(2)6-4-7-13(3)10-11-23-18-16-14(20)8-5-9-15(16)24-19(22)17(18)21/h5-6,8-10,20-21H,4,7,11H2,1-3H3. The van der Waals surface area contributed by atoms with E-state index in [0.717, 1.165) is 18.4 Å². The van der Waals surface area contributed by atoms with Crippen LogP contribution in [-0.2, 0) is 0 Å². The molecule has 0 atom stereocenters. The average molecular weight is 330 g/mol. The number of aromatic hydroxyl groups is 2. The Morgan fingerprint density at radius 1 is 1.21 bits per heavy atom. The third-order valence-corrected chi connectivity index (χ3v) is 3.59. The summed E-state index contributed by atoms with van der Waals surface area (Å²) in [5.74, 6) is -0.821. The van der Waals surface area contributed by atoms with Gasteiger partial charge in [0, 0.05) is 0 Å². The molecule has 1 heterocycles. The van der Waals surface area contributed by atoms with E-state index in [2.05, 4.69) is 19.9 Å². The predicted octanol–water partition coefficient (Wildman–Crippen LogP) is 4.28. The highest BCUT2D eigenvalue weighted by Gasteiger charge is 2.17. The van der Waals surface area contributed by atoms with Gasteiger partial charge in [-0.25, -0.2) is 4.79 Å². The summed E-state index contributed by atoms with van der Waals surface area (Å²) in [5, 5.41) is 20.1. The van der Waals surface area contributed by atoms with Gasteiger partial charge in [0.05, 0.1) is 0 Å². The smallest absolute Gasteiger partial charge is 0.382 e. The highest BCUT2D eigenvalue weighted by atomic mass is 16.5. The Labute approximate surface area is 140 Å². The molecular weight excluding hydrogens is 308 g/mol. The van der Waals surface area contributed by atoms with Gasteiger partial charge in [-0.3, -0.25) is 0 Å². The fourth-order valence-corrected chi connectivity index (χ4v) is 2.29. The molecular formula is C19H22O5. The predicted molar refractivity (Wildman–Crippen MR) is 93.7 cm³/mol. The summed E-state index contributed by atoms with van der Waals surface area (Å²) in [6.45, 7) is 6.30. The second-order valence-corrected chi connectivity index (χ2v) is 5.90. The van der Waals surface area contributed by atoms with Gasteiger partial charge in [0.1, 0.15) is 23.3 Å². The van der Waals surface area contributed by atoms with E-state index in [1.165, 1.54) is 17.7 Å². The third-order valence-electron chi connectivity index (χ3n) is 3.59. The molecule has 0 unspecified atom stereocenters. The first-order chi connectivity index (χ1) is 11.4. The summed E-state index contributed by atoms with van der Waals surface area (Å²) >= 11 is 0. The highest BCUT2D eigenvalue weighted by Crippen LogP contribution is 2.37. The van der Waals surface area contributed by atoms with Gasteiger partial charge in [-0.1, -0.05) is 23.3 Å². The fraction of sp³-hybridized carbons (Fsp3) is 0.316. The van der Waals surface area contributed by atoms with Gasteiger partial charge in [0.25, 0.3) is 0 Å². The van der Waals surface area contributed by atoms with Crippen LogP contribution in [0.15, 0.2) is 50.7 Å². The molecule has 0 radical (unpaired) electrons. The summed E-state index contributed by atoms with van der Waals surface area (Å²) in [4.78, 5) is 11.7.